The van der Waals surface area contributed by atoms with Crippen molar-refractivity contribution >= 4 is 11.0 Å². The van der Waals surface area contributed by atoms with Gasteiger partial charge in [-0.2, -0.15) is 0 Å². The van der Waals surface area contributed by atoms with Gasteiger partial charge in [-0.05, 0) is 25.1 Å². The number of hydrogen-bond acceptors (Lipinski definition) is 4. The lowest BCUT2D eigenvalue weighted by Crippen LogP contribution is -2.32. The van der Waals surface area contributed by atoms with Crippen molar-refractivity contribution in [2.75, 3.05) is 26.7 Å². The summed E-state index contributed by atoms with van der Waals surface area (Å²) in [5.41, 5.74) is 2.08. The minimum Gasteiger partial charge on any atom is -0.464 e. The highest BCUT2D eigenvalue weighted by atomic mass is 16.3. The Morgan fingerprint density at radius 3 is 2.89 bits per heavy atom. The Kier molecular flexibility index (Phi) is 4.36. The van der Waals surface area contributed by atoms with Gasteiger partial charge in [-0.15, -0.1) is 0 Å². The van der Waals surface area contributed by atoms with Crippen molar-refractivity contribution in [1.82, 2.24) is 4.90 Å². The van der Waals surface area contributed by atoms with Crippen LogP contribution in [-0.2, 0) is 6.42 Å². The third kappa shape index (κ3) is 3.10. The highest BCUT2D eigenvalue weighted by molar-refractivity contribution is 5.80. The van der Waals surface area contributed by atoms with E-state index in [2.05, 4.69) is 6.07 Å². The first-order valence-electron chi connectivity index (χ1n) is 6.13. The van der Waals surface area contributed by atoms with E-state index in [4.69, 9.17) is 9.52 Å². The maximum Gasteiger partial charge on any atom is 0.134 e. The number of benzene rings is 1. The number of aliphatic hydroxyl groups is 2. The molecule has 1 aromatic heterocycles. The summed E-state index contributed by atoms with van der Waals surface area (Å²) in [7, 11) is 1.93. The van der Waals surface area contributed by atoms with Crippen LogP contribution in [0, 0.1) is 0 Å². The third-order valence-corrected chi connectivity index (χ3v) is 3.06. The van der Waals surface area contributed by atoms with Crippen LogP contribution >= 0.6 is 0 Å². The average Bonchev–Trinajstić information content (AvgIpc) is 2.79. The van der Waals surface area contributed by atoms with E-state index in [0.717, 1.165) is 23.9 Å². The summed E-state index contributed by atoms with van der Waals surface area (Å²) in [5, 5.41) is 19.3. The zero-order valence-electron chi connectivity index (χ0n) is 10.5. The monoisotopic (exact) mass is 249 g/mol. The lowest BCUT2D eigenvalue weighted by Gasteiger charge is -2.18. The molecule has 2 rings (SSSR count). The summed E-state index contributed by atoms with van der Waals surface area (Å²) in [6.07, 6.45) is 1.99. The van der Waals surface area contributed by atoms with Crippen molar-refractivity contribution in [2.45, 2.75) is 12.5 Å². The standard InChI is InChI=1S/C14H19NO3/c1-15(8-12(17)9-16)7-6-11-10-18-14-5-3-2-4-13(11)14/h2-5,10,12,16-17H,6-9H2,1H3. The Hall–Kier alpha value is -1.36. The van der Waals surface area contributed by atoms with E-state index in [1.165, 1.54) is 5.56 Å². The van der Waals surface area contributed by atoms with Crippen molar-refractivity contribution in [2.24, 2.45) is 0 Å². The van der Waals surface area contributed by atoms with Gasteiger partial charge in [0.2, 0.25) is 0 Å². The number of likely N-dealkylation sites (N-methyl/N-ethyl adjacent to an activating group) is 1. The predicted octanol–water partition coefficient (Wildman–Crippen LogP) is 1.26. The van der Waals surface area contributed by atoms with Gasteiger partial charge >= 0.3 is 0 Å². The van der Waals surface area contributed by atoms with Gasteiger partial charge in [-0.3, -0.25) is 0 Å². The van der Waals surface area contributed by atoms with Crippen LogP contribution in [0.2, 0.25) is 0 Å². The average molecular weight is 249 g/mol. The SMILES string of the molecule is CN(CCc1coc2ccccc12)CC(O)CO. The Labute approximate surface area is 106 Å². The molecule has 2 aromatic rings. The summed E-state index contributed by atoms with van der Waals surface area (Å²) < 4.78 is 5.48. The first kappa shape index (κ1) is 13.1. The first-order valence-corrected chi connectivity index (χ1v) is 6.13. The van der Waals surface area contributed by atoms with Gasteiger partial charge in [0, 0.05) is 18.5 Å². The normalized spacial score (nSPS) is 13.3. The molecule has 0 saturated carbocycles. The predicted molar refractivity (Wildman–Crippen MR) is 70.5 cm³/mol. The highest BCUT2D eigenvalue weighted by Crippen LogP contribution is 2.21. The summed E-state index contributed by atoms with van der Waals surface area (Å²) >= 11 is 0. The molecule has 4 nitrogen and oxygen atoms in total. The van der Waals surface area contributed by atoms with Crippen molar-refractivity contribution in [1.29, 1.82) is 0 Å². The summed E-state index contributed by atoms with van der Waals surface area (Å²) in [5.74, 6) is 0. The fourth-order valence-corrected chi connectivity index (χ4v) is 2.05. The smallest absolute Gasteiger partial charge is 0.134 e. The Morgan fingerprint density at radius 2 is 2.11 bits per heavy atom. The molecule has 1 atom stereocenters. The zero-order valence-corrected chi connectivity index (χ0v) is 10.5. The van der Waals surface area contributed by atoms with E-state index in [9.17, 15) is 5.11 Å². The molecule has 0 amide bonds. The molecular formula is C14H19NO3. The molecule has 0 bridgehead atoms. The topological polar surface area (TPSA) is 56.8 Å². The van der Waals surface area contributed by atoms with Crippen LogP contribution in [0.3, 0.4) is 0 Å². The molecule has 1 aromatic carbocycles. The van der Waals surface area contributed by atoms with Crippen LogP contribution in [-0.4, -0.2) is 48.0 Å². The second kappa shape index (κ2) is 6.00. The third-order valence-electron chi connectivity index (χ3n) is 3.06. The molecule has 18 heavy (non-hydrogen) atoms. The minimum absolute atomic E-state index is 0.195. The van der Waals surface area contributed by atoms with E-state index >= 15 is 0 Å². The van der Waals surface area contributed by atoms with Gasteiger partial charge < -0.3 is 19.5 Å². The van der Waals surface area contributed by atoms with Crippen LogP contribution in [0.15, 0.2) is 34.9 Å². The van der Waals surface area contributed by atoms with Crippen LogP contribution < -0.4 is 0 Å². The zero-order chi connectivity index (χ0) is 13.0. The molecule has 2 N–H and O–H groups in total. The fraction of sp³-hybridized carbons (Fsp3) is 0.429. The molecule has 0 aliphatic rings. The Balaban J connectivity index is 1.94. The summed E-state index contributed by atoms with van der Waals surface area (Å²) in [6.45, 7) is 1.10. The van der Waals surface area contributed by atoms with E-state index in [-0.39, 0.29) is 6.61 Å². The maximum atomic E-state index is 9.35. The molecule has 1 unspecified atom stereocenters. The van der Waals surface area contributed by atoms with Crippen LogP contribution in [0.1, 0.15) is 5.56 Å². The van der Waals surface area contributed by atoms with E-state index in [1.54, 1.807) is 6.26 Å². The summed E-state index contributed by atoms with van der Waals surface area (Å²) in [4.78, 5) is 2.00. The Bertz CT molecular complexity index is 494. The van der Waals surface area contributed by atoms with E-state index in [0.29, 0.717) is 6.54 Å². The fourth-order valence-electron chi connectivity index (χ4n) is 2.05. The van der Waals surface area contributed by atoms with Crippen molar-refractivity contribution in [3.8, 4) is 0 Å². The molecule has 0 aliphatic heterocycles. The van der Waals surface area contributed by atoms with Crippen molar-refractivity contribution in [3.05, 3.63) is 36.1 Å². The second-order valence-corrected chi connectivity index (χ2v) is 4.61. The van der Waals surface area contributed by atoms with Crippen LogP contribution in [0.4, 0.5) is 0 Å². The molecule has 0 radical (unpaired) electrons. The Morgan fingerprint density at radius 1 is 1.33 bits per heavy atom. The molecule has 98 valence electrons. The van der Waals surface area contributed by atoms with Crippen molar-refractivity contribution in [3.63, 3.8) is 0 Å². The molecule has 0 saturated heterocycles. The molecule has 0 fully saturated rings. The molecule has 0 aliphatic carbocycles. The number of furan rings is 1. The van der Waals surface area contributed by atoms with Crippen LogP contribution in [0.5, 0.6) is 0 Å². The largest absolute Gasteiger partial charge is 0.464 e. The molecule has 4 heteroatoms. The van der Waals surface area contributed by atoms with E-state index in [1.807, 2.05) is 30.1 Å². The van der Waals surface area contributed by atoms with Crippen LogP contribution in [0.25, 0.3) is 11.0 Å². The number of rotatable bonds is 6. The number of hydrogen-bond donors (Lipinski definition) is 2. The lowest BCUT2D eigenvalue weighted by atomic mass is 10.1. The minimum atomic E-state index is -0.670. The number of fused-ring (bicyclic) bond motifs is 1. The van der Waals surface area contributed by atoms with Gasteiger partial charge in [0.15, 0.2) is 0 Å². The quantitative estimate of drug-likeness (QED) is 0.809. The van der Waals surface area contributed by atoms with E-state index < -0.39 is 6.10 Å². The molecule has 0 spiro atoms. The number of nitrogens with zero attached hydrogens (tertiary/aromatic N) is 1. The highest BCUT2D eigenvalue weighted by Gasteiger charge is 2.09. The molecular weight excluding hydrogens is 230 g/mol. The van der Waals surface area contributed by atoms with Gasteiger partial charge in [0.05, 0.1) is 19.0 Å². The molecule has 1 heterocycles. The second-order valence-electron chi connectivity index (χ2n) is 4.61. The van der Waals surface area contributed by atoms with Crippen molar-refractivity contribution < 1.29 is 14.6 Å². The summed E-state index contributed by atoms with van der Waals surface area (Å²) in [6, 6.07) is 7.97. The van der Waals surface area contributed by atoms with Gasteiger partial charge in [-0.1, -0.05) is 18.2 Å². The number of aliphatic hydroxyl groups excluding tert-OH is 2. The maximum absolute atomic E-state index is 9.35. The van der Waals surface area contributed by atoms with Gasteiger partial charge in [-0.25, -0.2) is 0 Å². The number of para-hydroxylation sites is 1. The van der Waals surface area contributed by atoms with Gasteiger partial charge in [0.25, 0.3) is 0 Å². The lowest BCUT2D eigenvalue weighted by molar-refractivity contribution is 0.0669. The van der Waals surface area contributed by atoms with Gasteiger partial charge in [0.1, 0.15) is 5.58 Å². The first-order chi connectivity index (χ1) is 8.70.